The predicted molar refractivity (Wildman–Crippen MR) is 91.9 cm³/mol. The minimum absolute atomic E-state index is 0.691. The molecule has 1 aromatic heterocycles. The minimum atomic E-state index is 0.691. The van der Waals surface area contributed by atoms with Crippen molar-refractivity contribution in [3.05, 3.63) is 41.1 Å². The van der Waals surface area contributed by atoms with E-state index in [1.807, 2.05) is 0 Å². The fourth-order valence-corrected chi connectivity index (χ4v) is 3.75. The summed E-state index contributed by atoms with van der Waals surface area (Å²) in [6.45, 7) is 4.43. The standard InChI is InChI=1S/C19H22N4/c1-3-16-17(4-1)21-19(23-9-2-10-23)22-18(16)14-7-5-13(6-8-14)15-11-20-12-15/h5-8,15,20H,1-4,9-12H2. The Bertz CT molecular complexity index is 730. The Kier molecular flexibility index (Phi) is 3.11. The van der Waals surface area contributed by atoms with E-state index in [0.29, 0.717) is 5.92 Å². The van der Waals surface area contributed by atoms with Crippen LogP contribution in [-0.2, 0) is 12.8 Å². The molecule has 0 saturated carbocycles. The Morgan fingerprint density at radius 3 is 2.43 bits per heavy atom. The summed E-state index contributed by atoms with van der Waals surface area (Å²) < 4.78 is 0. The molecule has 1 aliphatic carbocycles. The van der Waals surface area contributed by atoms with Gasteiger partial charge in [-0.3, -0.25) is 0 Å². The van der Waals surface area contributed by atoms with Gasteiger partial charge in [-0.25, -0.2) is 9.97 Å². The van der Waals surface area contributed by atoms with Gasteiger partial charge < -0.3 is 10.2 Å². The lowest BCUT2D eigenvalue weighted by Gasteiger charge is -2.31. The van der Waals surface area contributed by atoms with Crippen LogP contribution in [0.15, 0.2) is 24.3 Å². The molecule has 5 rings (SSSR count). The number of hydrogen-bond acceptors (Lipinski definition) is 4. The zero-order valence-corrected chi connectivity index (χ0v) is 13.4. The number of rotatable bonds is 3. The van der Waals surface area contributed by atoms with Crippen molar-refractivity contribution in [3.63, 3.8) is 0 Å². The molecule has 3 heterocycles. The van der Waals surface area contributed by atoms with Crippen LogP contribution in [0.5, 0.6) is 0 Å². The second kappa shape index (κ2) is 5.31. The van der Waals surface area contributed by atoms with E-state index < -0.39 is 0 Å². The van der Waals surface area contributed by atoms with Crippen molar-refractivity contribution in [1.82, 2.24) is 15.3 Å². The van der Waals surface area contributed by atoms with Crippen molar-refractivity contribution in [2.45, 2.75) is 31.6 Å². The van der Waals surface area contributed by atoms with Crippen LogP contribution in [0.2, 0.25) is 0 Å². The molecule has 2 fully saturated rings. The summed E-state index contributed by atoms with van der Waals surface area (Å²) in [5.74, 6) is 1.64. The molecule has 118 valence electrons. The lowest BCUT2D eigenvalue weighted by Crippen LogP contribution is -2.39. The third kappa shape index (κ3) is 2.24. The van der Waals surface area contributed by atoms with Gasteiger partial charge in [-0.2, -0.15) is 0 Å². The molecule has 3 aliphatic rings. The Hall–Kier alpha value is -1.94. The normalized spacial score (nSPS) is 20.1. The van der Waals surface area contributed by atoms with Crippen LogP contribution >= 0.6 is 0 Å². The van der Waals surface area contributed by atoms with E-state index in [9.17, 15) is 0 Å². The summed E-state index contributed by atoms with van der Waals surface area (Å²) >= 11 is 0. The van der Waals surface area contributed by atoms with Crippen molar-refractivity contribution >= 4 is 5.95 Å². The maximum absolute atomic E-state index is 4.95. The maximum Gasteiger partial charge on any atom is 0.226 e. The van der Waals surface area contributed by atoms with Crippen molar-refractivity contribution in [1.29, 1.82) is 0 Å². The Morgan fingerprint density at radius 1 is 0.957 bits per heavy atom. The Balaban J connectivity index is 1.54. The first-order chi connectivity index (χ1) is 11.4. The Labute approximate surface area is 137 Å². The van der Waals surface area contributed by atoms with Crippen molar-refractivity contribution in [2.24, 2.45) is 0 Å². The smallest absolute Gasteiger partial charge is 0.226 e. The summed E-state index contributed by atoms with van der Waals surface area (Å²) in [5.41, 5.74) is 6.54. The van der Waals surface area contributed by atoms with E-state index in [1.54, 1.807) is 0 Å². The predicted octanol–water partition coefficient (Wildman–Crippen LogP) is 2.53. The minimum Gasteiger partial charge on any atom is -0.341 e. The molecule has 0 radical (unpaired) electrons. The number of aryl methyl sites for hydroxylation is 1. The van der Waals surface area contributed by atoms with Gasteiger partial charge in [0.2, 0.25) is 5.95 Å². The lowest BCUT2D eigenvalue weighted by molar-refractivity contribution is 0.448. The van der Waals surface area contributed by atoms with E-state index in [4.69, 9.17) is 9.97 Å². The quantitative estimate of drug-likeness (QED) is 0.946. The number of hydrogen-bond donors (Lipinski definition) is 1. The van der Waals surface area contributed by atoms with Gasteiger partial charge in [0.05, 0.1) is 5.69 Å². The van der Waals surface area contributed by atoms with E-state index in [0.717, 1.165) is 45.0 Å². The second-order valence-corrected chi connectivity index (χ2v) is 6.97. The molecule has 0 amide bonds. The van der Waals surface area contributed by atoms with Gasteiger partial charge in [0.25, 0.3) is 0 Å². The summed E-state index contributed by atoms with van der Waals surface area (Å²) in [5, 5.41) is 3.35. The molecule has 0 bridgehead atoms. The molecular formula is C19H22N4. The number of benzene rings is 1. The zero-order valence-electron chi connectivity index (χ0n) is 13.4. The first-order valence-corrected chi connectivity index (χ1v) is 8.84. The number of nitrogens with zero attached hydrogens (tertiary/aromatic N) is 3. The highest BCUT2D eigenvalue weighted by molar-refractivity contribution is 5.67. The first-order valence-electron chi connectivity index (χ1n) is 8.84. The SMILES string of the molecule is c1cc(C2CNC2)ccc1-c1nc(N2CCC2)nc2c1CCC2. The fourth-order valence-electron chi connectivity index (χ4n) is 3.75. The van der Waals surface area contributed by atoms with Crippen LogP contribution in [-0.4, -0.2) is 36.1 Å². The molecule has 0 spiro atoms. The highest BCUT2D eigenvalue weighted by Crippen LogP contribution is 2.33. The third-order valence-corrected chi connectivity index (χ3v) is 5.50. The van der Waals surface area contributed by atoms with Gasteiger partial charge in [-0.1, -0.05) is 24.3 Å². The van der Waals surface area contributed by atoms with Crippen LogP contribution in [0.1, 0.15) is 35.6 Å². The van der Waals surface area contributed by atoms with Crippen molar-refractivity contribution in [2.75, 3.05) is 31.1 Å². The van der Waals surface area contributed by atoms with Gasteiger partial charge >= 0.3 is 0 Å². The lowest BCUT2D eigenvalue weighted by atomic mass is 9.92. The largest absolute Gasteiger partial charge is 0.341 e. The summed E-state index contributed by atoms with van der Waals surface area (Å²) in [7, 11) is 0. The highest BCUT2D eigenvalue weighted by Gasteiger charge is 2.25. The first kappa shape index (κ1) is 13.5. The highest BCUT2D eigenvalue weighted by atomic mass is 15.3. The van der Waals surface area contributed by atoms with E-state index in [2.05, 4.69) is 34.5 Å². The maximum atomic E-state index is 4.95. The number of anilines is 1. The number of fused-ring (bicyclic) bond motifs is 1. The van der Waals surface area contributed by atoms with E-state index in [1.165, 1.54) is 40.9 Å². The second-order valence-electron chi connectivity index (χ2n) is 6.97. The monoisotopic (exact) mass is 306 g/mol. The average Bonchev–Trinajstić information content (AvgIpc) is 2.92. The van der Waals surface area contributed by atoms with Crippen LogP contribution in [0.3, 0.4) is 0 Å². The van der Waals surface area contributed by atoms with Crippen LogP contribution in [0.25, 0.3) is 11.3 Å². The molecule has 2 saturated heterocycles. The van der Waals surface area contributed by atoms with Gasteiger partial charge in [0.15, 0.2) is 0 Å². The average molecular weight is 306 g/mol. The van der Waals surface area contributed by atoms with E-state index in [-0.39, 0.29) is 0 Å². The van der Waals surface area contributed by atoms with Gasteiger partial charge in [0.1, 0.15) is 0 Å². The molecule has 2 aliphatic heterocycles. The molecule has 1 aromatic carbocycles. The fraction of sp³-hybridized carbons (Fsp3) is 0.474. The topological polar surface area (TPSA) is 41.1 Å². The molecule has 4 nitrogen and oxygen atoms in total. The van der Waals surface area contributed by atoms with Gasteiger partial charge in [-0.15, -0.1) is 0 Å². The number of aromatic nitrogens is 2. The summed E-state index contributed by atoms with van der Waals surface area (Å²) in [6.07, 6.45) is 4.71. The summed E-state index contributed by atoms with van der Waals surface area (Å²) in [4.78, 5) is 12.1. The van der Waals surface area contributed by atoms with Crippen molar-refractivity contribution < 1.29 is 0 Å². The Morgan fingerprint density at radius 2 is 1.78 bits per heavy atom. The van der Waals surface area contributed by atoms with E-state index >= 15 is 0 Å². The van der Waals surface area contributed by atoms with Gasteiger partial charge in [0, 0.05) is 48.9 Å². The van der Waals surface area contributed by atoms with Crippen LogP contribution < -0.4 is 10.2 Å². The zero-order chi connectivity index (χ0) is 15.2. The molecule has 4 heteroatoms. The molecule has 0 atom stereocenters. The molecule has 0 unspecified atom stereocenters. The number of nitrogens with one attached hydrogen (secondary N) is 1. The molecule has 2 aromatic rings. The van der Waals surface area contributed by atoms with Gasteiger partial charge in [-0.05, 0) is 31.2 Å². The third-order valence-electron chi connectivity index (χ3n) is 5.50. The molecule has 23 heavy (non-hydrogen) atoms. The van der Waals surface area contributed by atoms with Crippen molar-refractivity contribution in [3.8, 4) is 11.3 Å². The van der Waals surface area contributed by atoms with Crippen LogP contribution in [0.4, 0.5) is 5.95 Å². The van der Waals surface area contributed by atoms with Crippen LogP contribution in [0, 0.1) is 0 Å². The molecule has 1 N–H and O–H groups in total. The summed E-state index contributed by atoms with van der Waals surface area (Å²) in [6, 6.07) is 9.09. The molecular weight excluding hydrogens is 284 g/mol.